The molecule has 188 valence electrons. The number of hydrogen-bond acceptors (Lipinski definition) is 3. The van der Waals surface area contributed by atoms with Crippen molar-refractivity contribution in [2.24, 2.45) is 7.05 Å². The van der Waals surface area contributed by atoms with Crippen molar-refractivity contribution in [2.75, 3.05) is 11.4 Å². The SMILES string of the molecule is [2H]C1([2H])CCN(c2ccccc2)c2cccc(-c3c(C#N)ccc4c3oc3c(-c5cccc[n+]5C)c(C)ccc34)c21. The van der Waals surface area contributed by atoms with Crippen LogP contribution in [0.1, 0.15) is 25.9 Å². The first kappa shape index (κ1) is 21.1. The van der Waals surface area contributed by atoms with Crippen molar-refractivity contribution in [1.82, 2.24) is 0 Å². The largest absolute Gasteiger partial charge is 0.454 e. The highest BCUT2D eigenvalue weighted by Crippen LogP contribution is 2.45. The van der Waals surface area contributed by atoms with E-state index in [0.29, 0.717) is 40.8 Å². The first-order valence-electron chi connectivity index (χ1n) is 14.2. The van der Waals surface area contributed by atoms with Crippen molar-refractivity contribution in [2.45, 2.75) is 19.7 Å². The van der Waals surface area contributed by atoms with Crippen LogP contribution in [0, 0.1) is 18.3 Å². The fourth-order valence-corrected chi connectivity index (χ4v) is 5.91. The molecular weight excluding hydrogens is 478 g/mol. The van der Waals surface area contributed by atoms with Crippen molar-refractivity contribution >= 4 is 33.3 Å². The van der Waals surface area contributed by atoms with Crippen molar-refractivity contribution < 1.29 is 11.7 Å². The van der Waals surface area contributed by atoms with E-state index in [1.807, 2.05) is 86.0 Å². The predicted molar refractivity (Wildman–Crippen MR) is 157 cm³/mol. The number of hydrogen-bond donors (Lipinski definition) is 0. The number of anilines is 2. The molecule has 1 aliphatic rings. The first-order chi connectivity index (χ1) is 19.9. The second-order valence-corrected chi connectivity index (χ2v) is 10.0. The zero-order valence-electron chi connectivity index (χ0n) is 23.9. The molecule has 0 aliphatic carbocycles. The second-order valence-electron chi connectivity index (χ2n) is 10.0. The van der Waals surface area contributed by atoms with Crippen LogP contribution in [0.15, 0.2) is 102 Å². The van der Waals surface area contributed by atoms with Crippen LogP contribution in [-0.2, 0) is 13.4 Å². The van der Waals surface area contributed by atoms with Gasteiger partial charge in [-0.3, -0.25) is 0 Å². The zero-order chi connectivity index (χ0) is 28.3. The molecule has 0 saturated carbocycles. The highest BCUT2D eigenvalue weighted by molar-refractivity contribution is 6.14. The Morgan fingerprint density at radius 2 is 1.64 bits per heavy atom. The molecule has 0 fully saturated rings. The summed E-state index contributed by atoms with van der Waals surface area (Å²) in [6.07, 6.45) is 0.766. The normalized spacial score (nSPS) is 15.1. The van der Waals surface area contributed by atoms with E-state index in [-0.39, 0.29) is 0 Å². The standard InChI is InChI=1S/C35H28N3O/c1-23-16-18-28-29-19-17-24(22-36)33(35(29)39-34(28)32(23)31-14-6-7-20-37(31)2)27-12-8-15-30-26(27)13-9-21-38(30)25-10-4-3-5-11-25/h3-8,10-12,14-20H,9,13,21H2,1-2H3/q+1/i13D2. The molecule has 1 aliphatic heterocycles. The molecule has 39 heavy (non-hydrogen) atoms. The molecule has 4 heteroatoms. The topological polar surface area (TPSA) is 44.1 Å². The van der Waals surface area contributed by atoms with Gasteiger partial charge >= 0.3 is 0 Å². The molecule has 0 N–H and O–H groups in total. The van der Waals surface area contributed by atoms with E-state index in [4.69, 9.17) is 7.16 Å². The Kier molecular flexibility index (Phi) is 4.95. The van der Waals surface area contributed by atoms with Gasteiger partial charge in [-0.15, -0.1) is 0 Å². The molecule has 0 saturated heterocycles. The molecule has 0 amide bonds. The molecular formula is C35H28N3O+. The third-order valence-electron chi connectivity index (χ3n) is 7.76. The number of nitrogens with zero attached hydrogens (tertiary/aromatic N) is 3. The van der Waals surface area contributed by atoms with E-state index in [1.54, 1.807) is 0 Å². The van der Waals surface area contributed by atoms with Crippen LogP contribution in [0.4, 0.5) is 11.4 Å². The van der Waals surface area contributed by atoms with Crippen LogP contribution < -0.4 is 9.47 Å². The van der Waals surface area contributed by atoms with Gasteiger partial charge in [0.25, 0.3) is 0 Å². The molecule has 0 unspecified atom stereocenters. The van der Waals surface area contributed by atoms with Crippen LogP contribution in [0.25, 0.3) is 44.3 Å². The van der Waals surface area contributed by atoms with Gasteiger partial charge < -0.3 is 9.32 Å². The van der Waals surface area contributed by atoms with Gasteiger partial charge in [0.2, 0.25) is 5.69 Å². The quantitative estimate of drug-likeness (QED) is 0.227. The average molecular weight is 509 g/mol. The van der Waals surface area contributed by atoms with Crippen LogP contribution in [0.2, 0.25) is 0 Å². The van der Waals surface area contributed by atoms with Gasteiger partial charge in [0, 0.05) is 49.1 Å². The maximum Gasteiger partial charge on any atom is 0.216 e. The lowest BCUT2D eigenvalue weighted by atomic mass is 9.88. The minimum Gasteiger partial charge on any atom is -0.454 e. The molecule has 4 aromatic carbocycles. The average Bonchev–Trinajstić information content (AvgIpc) is 3.36. The number of pyridine rings is 1. The first-order valence-corrected chi connectivity index (χ1v) is 13.2. The highest BCUT2D eigenvalue weighted by Gasteiger charge is 2.26. The van der Waals surface area contributed by atoms with Crippen LogP contribution in [-0.4, -0.2) is 6.54 Å². The highest BCUT2D eigenvalue weighted by atomic mass is 16.3. The molecule has 3 heterocycles. The van der Waals surface area contributed by atoms with E-state index in [2.05, 4.69) is 40.7 Å². The Labute approximate surface area is 230 Å². The van der Waals surface area contributed by atoms with Gasteiger partial charge in [-0.25, -0.2) is 4.57 Å². The predicted octanol–water partition coefficient (Wildman–Crippen LogP) is 8.01. The second kappa shape index (κ2) is 9.15. The van der Waals surface area contributed by atoms with Crippen LogP contribution in [0.5, 0.6) is 0 Å². The Morgan fingerprint density at radius 3 is 2.44 bits per heavy atom. The minimum atomic E-state index is -1.59. The number of aryl methyl sites for hydroxylation is 2. The van der Waals surface area contributed by atoms with E-state index >= 15 is 0 Å². The fourth-order valence-electron chi connectivity index (χ4n) is 5.91. The molecule has 0 bridgehead atoms. The van der Waals surface area contributed by atoms with Crippen molar-refractivity contribution in [3.05, 3.63) is 114 Å². The molecule has 2 aromatic heterocycles. The summed E-state index contributed by atoms with van der Waals surface area (Å²) < 4.78 is 27.1. The van der Waals surface area contributed by atoms with E-state index in [1.165, 1.54) is 0 Å². The summed E-state index contributed by atoms with van der Waals surface area (Å²) in [7, 11) is 2.02. The summed E-state index contributed by atoms with van der Waals surface area (Å²) in [5.74, 6) is 0. The van der Waals surface area contributed by atoms with Crippen molar-refractivity contribution in [3.63, 3.8) is 0 Å². The van der Waals surface area contributed by atoms with E-state index in [0.717, 1.165) is 44.6 Å². The van der Waals surface area contributed by atoms with Crippen LogP contribution >= 0.6 is 0 Å². The Balaban J connectivity index is 1.56. The number of furan rings is 1. The Morgan fingerprint density at radius 1 is 0.872 bits per heavy atom. The van der Waals surface area contributed by atoms with Gasteiger partial charge in [-0.05, 0) is 72.8 Å². The lowest BCUT2D eigenvalue weighted by molar-refractivity contribution is -0.660. The lowest BCUT2D eigenvalue weighted by Crippen LogP contribution is -2.30. The van der Waals surface area contributed by atoms with Gasteiger partial charge in [0.15, 0.2) is 6.20 Å². The summed E-state index contributed by atoms with van der Waals surface area (Å²) >= 11 is 0. The molecule has 0 atom stereocenters. The molecule has 7 rings (SSSR count). The number of fused-ring (bicyclic) bond motifs is 4. The summed E-state index contributed by atoms with van der Waals surface area (Å²) in [6.45, 7) is 2.64. The molecule has 4 nitrogen and oxygen atoms in total. The molecule has 0 spiro atoms. The fraction of sp³-hybridized carbons (Fsp3) is 0.143. The van der Waals surface area contributed by atoms with Crippen LogP contribution in [0.3, 0.4) is 0 Å². The maximum absolute atomic E-state index is 10.3. The number of benzene rings is 4. The van der Waals surface area contributed by atoms with Gasteiger partial charge in [0.1, 0.15) is 18.2 Å². The number of rotatable bonds is 3. The maximum atomic E-state index is 10.3. The molecule has 0 radical (unpaired) electrons. The monoisotopic (exact) mass is 508 g/mol. The summed E-state index contributed by atoms with van der Waals surface area (Å²) in [6, 6.07) is 32.4. The van der Waals surface area contributed by atoms with Crippen molar-refractivity contribution in [3.8, 4) is 28.5 Å². The molecule has 6 aromatic rings. The van der Waals surface area contributed by atoms with Gasteiger partial charge in [-0.1, -0.05) is 42.5 Å². The number of nitriles is 1. The Bertz CT molecular complexity index is 2020. The number of para-hydroxylation sites is 1. The van der Waals surface area contributed by atoms with Gasteiger partial charge in [0.05, 0.1) is 17.2 Å². The van der Waals surface area contributed by atoms with Gasteiger partial charge in [-0.2, -0.15) is 5.26 Å². The Hall–Kier alpha value is -4.88. The van der Waals surface area contributed by atoms with E-state index in [9.17, 15) is 5.26 Å². The lowest BCUT2D eigenvalue weighted by Gasteiger charge is -2.32. The third kappa shape index (κ3) is 3.62. The van der Waals surface area contributed by atoms with Crippen molar-refractivity contribution in [1.29, 1.82) is 5.26 Å². The minimum absolute atomic E-state index is 0.331. The summed E-state index contributed by atoms with van der Waals surface area (Å²) in [5, 5.41) is 12.2. The smallest absolute Gasteiger partial charge is 0.216 e. The zero-order valence-corrected chi connectivity index (χ0v) is 21.9. The summed E-state index contributed by atoms with van der Waals surface area (Å²) in [5.41, 5.74) is 8.70. The number of aromatic nitrogens is 1. The third-order valence-corrected chi connectivity index (χ3v) is 7.76. The summed E-state index contributed by atoms with van der Waals surface area (Å²) in [4.78, 5) is 2.17. The van der Waals surface area contributed by atoms with E-state index < -0.39 is 6.37 Å².